The Bertz CT molecular complexity index is 1120. The van der Waals surface area contributed by atoms with Crippen molar-refractivity contribution in [3.63, 3.8) is 0 Å². The van der Waals surface area contributed by atoms with Gasteiger partial charge in [-0.15, -0.1) is 0 Å². The van der Waals surface area contributed by atoms with Gasteiger partial charge >= 0.3 is 12.1 Å². The average molecular weight is 468 g/mol. The Labute approximate surface area is 194 Å². The van der Waals surface area contributed by atoms with E-state index in [4.69, 9.17) is 4.74 Å². The molecule has 0 fully saturated rings. The number of nitrogens with zero attached hydrogens (tertiary/aromatic N) is 1. The maximum absolute atomic E-state index is 12.0. The number of carbonyl (C=O) groups excluding carboxylic acids is 1. The molecule has 0 saturated carbocycles. The van der Waals surface area contributed by atoms with Gasteiger partial charge in [0.05, 0.1) is 0 Å². The highest BCUT2D eigenvalue weighted by atomic mass is 32.2. The van der Waals surface area contributed by atoms with Crippen molar-refractivity contribution in [2.45, 2.75) is 19.9 Å². The lowest BCUT2D eigenvalue weighted by Crippen LogP contribution is -2.45. The molecule has 0 bridgehead atoms. The molecule has 2 unspecified atom stereocenters. The number of carboxylic acid groups (broad SMARTS) is 1. The molecule has 0 saturated heterocycles. The van der Waals surface area contributed by atoms with Gasteiger partial charge in [0.1, 0.15) is 11.8 Å². The first-order valence-corrected chi connectivity index (χ1v) is 11.1. The van der Waals surface area contributed by atoms with E-state index < -0.39 is 35.3 Å². The first-order valence-electron chi connectivity index (χ1n) is 10.1. The summed E-state index contributed by atoms with van der Waals surface area (Å²) < 4.78 is 29.7. The van der Waals surface area contributed by atoms with Gasteiger partial charge in [0, 0.05) is 22.6 Å². The third-order valence-electron chi connectivity index (χ3n) is 4.84. The summed E-state index contributed by atoms with van der Waals surface area (Å²) in [4.78, 5) is 23.6. The SMILES string of the molecule is CC(C)C(C(=O)O)N(c1ccc(-c2ccc(OC(=O)Nc3ccccc3)cc2)cc1)S(=O)[O-]. The van der Waals surface area contributed by atoms with Crippen molar-refractivity contribution in [1.82, 2.24) is 0 Å². The minimum absolute atomic E-state index is 0.255. The molecule has 1 amide bonds. The molecule has 3 rings (SSSR count). The highest BCUT2D eigenvalue weighted by Crippen LogP contribution is 2.28. The number of para-hydroxylation sites is 1. The molecule has 0 aliphatic rings. The van der Waals surface area contributed by atoms with Crippen molar-refractivity contribution in [3.05, 3.63) is 78.9 Å². The molecule has 0 aliphatic carbocycles. The third kappa shape index (κ3) is 6.18. The van der Waals surface area contributed by atoms with Crippen LogP contribution in [0.4, 0.5) is 16.2 Å². The molecule has 2 N–H and O–H groups in total. The first kappa shape index (κ1) is 24.0. The Morgan fingerprint density at radius 2 is 1.48 bits per heavy atom. The van der Waals surface area contributed by atoms with Crippen LogP contribution in [0.25, 0.3) is 11.1 Å². The van der Waals surface area contributed by atoms with Crippen LogP contribution in [0.5, 0.6) is 5.75 Å². The van der Waals surface area contributed by atoms with Gasteiger partial charge in [-0.25, -0.2) is 9.59 Å². The molecule has 2 atom stereocenters. The zero-order valence-corrected chi connectivity index (χ0v) is 18.8. The van der Waals surface area contributed by atoms with Crippen molar-refractivity contribution in [2.75, 3.05) is 9.62 Å². The number of hydrogen-bond acceptors (Lipinski definition) is 5. The van der Waals surface area contributed by atoms with Crippen LogP contribution >= 0.6 is 0 Å². The maximum Gasteiger partial charge on any atom is 0.417 e. The Kier molecular flexibility index (Phi) is 7.81. The summed E-state index contributed by atoms with van der Waals surface area (Å²) in [6.07, 6.45) is -0.609. The number of carbonyl (C=O) groups is 2. The van der Waals surface area contributed by atoms with Crippen LogP contribution in [0.1, 0.15) is 13.8 Å². The van der Waals surface area contributed by atoms with Gasteiger partial charge in [-0.2, -0.15) is 0 Å². The molecule has 3 aromatic rings. The van der Waals surface area contributed by atoms with Crippen LogP contribution in [0, 0.1) is 5.92 Å². The summed E-state index contributed by atoms with van der Waals surface area (Å²) in [6.45, 7) is 3.30. The lowest BCUT2D eigenvalue weighted by Gasteiger charge is -2.34. The highest BCUT2D eigenvalue weighted by Gasteiger charge is 2.30. The quantitative estimate of drug-likeness (QED) is 0.465. The number of amides is 1. The lowest BCUT2D eigenvalue weighted by atomic mass is 10.0. The molecule has 0 heterocycles. The molecule has 0 spiro atoms. The third-order valence-corrected chi connectivity index (χ3v) is 5.60. The molecule has 0 radical (unpaired) electrons. The van der Waals surface area contributed by atoms with E-state index in [0.717, 1.165) is 15.4 Å². The number of rotatable bonds is 8. The summed E-state index contributed by atoms with van der Waals surface area (Å²) in [5.74, 6) is -1.28. The average Bonchev–Trinajstić information content (AvgIpc) is 2.78. The molecule has 172 valence electrons. The van der Waals surface area contributed by atoms with Gasteiger partial charge in [0.25, 0.3) is 0 Å². The number of nitrogens with one attached hydrogen (secondary N) is 1. The van der Waals surface area contributed by atoms with Crippen molar-refractivity contribution in [3.8, 4) is 16.9 Å². The van der Waals surface area contributed by atoms with Crippen molar-refractivity contribution in [2.24, 2.45) is 5.92 Å². The van der Waals surface area contributed by atoms with Gasteiger partial charge in [-0.3, -0.25) is 13.8 Å². The first-order chi connectivity index (χ1) is 15.8. The number of carboxylic acids is 1. The van der Waals surface area contributed by atoms with E-state index in [-0.39, 0.29) is 5.69 Å². The number of ether oxygens (including phenoxy) is 1. The predicted molar refractivity (Wildman–Crippen MR) is 126 cm³/mol. The van der Waals surface area contributed by atoms with E-state index in [0.29, 0.717) is 11.4 Å². The van der Waals surface area contributed by atoms with Crippen molar-refractivity contribution < 1.29 is 28.2 Å². The van der Waals surface area contributed by atoms with E-state index in [1.165, 1.54) is 0 Å². The standard InChI is InChI=1S/C24H24N2O6S/c1-16(2)22(23(27)28)26(33(30)31)20-12-8-17(9-13-20)18-10-14-21(15-11-18)32-24(29)25-19-6-4-3-5-7-19/h3-16,22H,1-2H3,(H,25,29)(H,27,28)(H,30,31)/p-1. The fourth-order valence-corrected chi connectivity index (χ4v) is 4.10. The van der Waals surface area contributed by atoms with Gasteiger partial charge in [0.15, 0.2) is 0 Å². The fraction of sp³-hybridized carbons (Fsp3) is 0.167. The lowest BCUT2D eigenvalue weighted by molar-refractivity contribution is -0.139. The smallest absolute Gasteiger partial charge is 0.417 e. The van der Waals surface area contributed by atoms with Crippen LogP contribution in [0.3, 0.4) is 0 Å². The van der Waals surface area contributed by atoms with E-state index >= 15 is 0 Å². The van der Waals surface area contributed by atoms with Crippen LogP contribution in [0.2, 0.25) is 0 Å². The Morgan fingerprint density at radius 3 is 1.97 bits per heavy atom. The van der Waals surface area contributed by atoms with E-state index in [2.05, 4.69) is 5.32 Å². The van der Waals surface area contributed by atoms with E-state index in [1.807, 2.05) is 6.07 Å². The van der Waals surface area contributed by atoms with Crippen molar-refractivity contribution >= 4 is 34.7 Å². The van der Waals surface area contributed by atoms with Gasteiger partial charge in [-0.1, -0.05) is 56.3 Å². The number of hydrogen-bond donors (Lipinski definition) is 2. The fourth-order valence-electron chi connectivity index (χ4n) is 3.28. The predicted octanol–water partition coefficient (Wildman–Crippen LogP) is 4.67. The summed E-state index contributed by atoms with van der Waals surface area (Å²) in [5, 5.41) is 12.1. The second-order valence-electron chi connectivity index (χ2n) is 7.52. The topological polar surface area (TPSA) is 119 Å². The molecular weight excluding hydrogens is 444 g/mol. The minimum atomic E-state index is -2.75. The van der Waals surface area contributed by atoms with Crippen LogP contribution < -0.4 is 14.4 Å². The molecule has 9 heteroatoms. The highest BCUT2D eigenvalue weighted by molar-refractivity contribution is 7.80. The zero-order valence-electron chi connectivity index (χ0n) is 18.0. The van der Waals surface area contributed by atoms with Crippen LogP contribution in [-0.4, -0.2) is 32.0 Å². The van der Waals surface area contributed by atoms with Gasteiger partial charge in [-0.05, 0) is 53.4 Å². The van der Waals surface area contributed by atoms with Gasteiger partial charge < -0.3 is 14.4 Å². The molecule has 33 heavy (non-hydrogen) atoms. The van der Waals surface area contributed by atoms with Crippen LogP contribution in [-0.2, 0) is 16.1 Å². The largest absolute Gasteiger partial charge is 0.755 e. The molecular formula is C24H23N2O6S-. The minimum Gasteiger partial charge on any atom is -0.755 e. The molecule has 0 aliphatic heterocycles. The second-order valence-corrected chi connectivity index (χ2v) is 8.35. The molecule has 8 nitrogen and oxygen atoms in total. The monoisotopic (exact) mass is 467 g/mol. The van der Waals surface area contributed by atoms with Crippen molar-refractivity contribution in [1.29, 1.82) is 0 Å². The van der Waals surface area contributed by atoms with E-state index in [9.17, 15) is 23.5 Å². The van der Waals surface area contributed by atoms with Crippen LogP contribution in [0.15, 0.2) is 78.9 Å². The summed E-state index contributed by atoms with van der Waals surface area (Å²) in [7, 11) is 0. The Hall–Kier alpha value is -3.69. The normalized spacial score (nSPS) is 12.6. The second kappa shape index (κ2) is 10.8. The Morgan fingerprint density at radius 1 is 0.939 bits per heavy atom. The molecule has 0 aromatic heterocycles. The number of aliphatic carboxylic acids is 1. The zero-order chi connectivity index (χ0) is 24.0. The molecule has 3 aromatic carbocycles. The number of benzene rings is 3. The van der Waals surface area contributed by atoms with E-state index in [1.54, 1.807) is 86.6 Å². The van der Waals surface area contributed by atoms with Gasteiger partial charge in [0.2, 0.25) is 0 Å². The number of anilines is 2. The Balaban J connectivity index is 1.72. The summed E-state index contributed by atoms with van der Waals surface area (Å²) in [5.41, 5.74) is 2.47. The summed E-state index contributed by atoms with van der Waals surface area (Å²) >= 11 is -2.75. The maximum atomic E-state index is 12.0. The summed E-state index contributed by atoms with van der Waals surface area (Å²) in [6, 6.07) is 21.0.